The molecular weight excluding hydrogens is 493 g/mol. The van der Waals surface area contributed by atoms with Crippen molar-refractivity contribution in [1.82, 2.24) is 0 Å². The summed E-state index contributed by atoms with van der Waals surface area (Å²) in [6, 6.07) is 11.6. The lowest BCUT2D eigenvalue weighted by Gasteiger charge is -2.16. The van der Waals surface area contributed by atoms with Gasteiger partial charge in [0.05, 0.1) is 39.8 Å². The molecule has 7 nitrogen and oxygen atoms in total. The van der Waals surface area contributed by atoms with Crippen molar-refractivity contribution < 1.29 is 32.0 Å². The highest BCUT2D eigenvalue weighted by molar-refractivity contribution is 8.27. The van der Waals surface area contributed by atoms with E-state index in [2.05, 4.69) is 0 Å². The number of halogens is 3. The Kier molecular flexibility index (Phi) is 6.19. The number of methoxy groups -OCH3 is 1. The van der Waals surface area contributed by atoms with Crippen molar-refractivity contribution in [3.05, 3.63) is 80.9 Å². The maximum atomic E-state index is 13.1. The highest BCUT2D eigenvalue weighted by atomic mass is 32.2. The fourth-order valence-electron chi connectivity index (χ4n) is 3.21. The first-order valence-corrected chi connectivity index (χ1v) is 10.7. The van der Waals surface area contributed by atoms with Gasteiger partial charge >= 0.3 is 6.18 Å². The van der Waals surface area contributed by atoms with Gasteiger partial charge in [0.25, 0.3) is 11.6 Å². The minimum Gasteiger partial charge on any atom is -0.496 e. The molecule has 0 atom stereocenters. The van der Waals surface area contributed by atoms with E-state index in [1.807, 2.05) is 0 Å². The third-order valence-electron chi connectivity index (χ3n) is 4.79. The number of anilines is 1. The number of non-ortho nitro benzene ring substituents is 1. The molecule has 1 fully saturated rings. The third kappa shape index (κ3) is 4.54. The minimum absolute atomic E-state index is 0.0106. The molecule has 34 heavy (non-hydrogen) atoms. The molecule has 2 aromatic carbocycles. The second-order valence-corrected chi connectivity index (χ2v) is 8.58. The van der Waals surface area contributed by atoms with Crippen molar-refractivity contribution in [2.24, 2.45) is 0 Å². The largest absolute Gasteiger partial charge is 0.496 e. The number of nitro benzene ring substituents is 1. The molecule has 1 saturated heterocycles. The molecule has 0 saturated carbocycles. The maximum Gasteiger partial charge on any atom is 0.416 e. The van der Waals surface area contributed by atoms with Crippen molar-refractivity contribution in [2.45, 2.75) is 6.18 Å². The lowest BCUT2D eigenvalue weighted by molar-refractivity contribution is -0.384. The molecule has 2 heterocycles. The average Bonchev–Trinajstić information content (AvgIpc) is 3.36. The number of hydrogen-bond donors (Lipinski definition) is 0. The summed E-state index contributed by atoms with van der Waals surface area (Å²) in [4.78, 5) is 24.5. The van der Waals surface area contributed by atoms with Gasteiger partial charge < -0.3 is 9.15 Å². The van der Waals surface area contributed by atoms with Gasteiger partial charge in [-0.15, -0.1) is 0 Å². The van der Waals surface area contributed by atoms with E-state index < -0.39 is 22.6 Å². The Morgan fingerprint density at radius 3 is 2.62 bits per heavy atom. The van der Waals surface area contributed by atoms with E-state index in [1.165, 1.54) is 43.5 Å². The number of rotatable bonds is 5. The van der Waals surface area contributed by atoms with Crippen LogP contribution in [-0.2, 0) is 11.0 Å². The number of furan rings is 1. The zero-order valence-corrected chi connectivity index (χ0v) is 18.8. The van der Waals surface area contributed by atoms with Crippen LogP contribution in [0.1, 0.15) is 11.3 Å². The summed E-state index contributed by atoms with van der Waals surface area (Å²) in [5, 5.41) is 11.0. The minimum atomic E-state index is -4.56. The molecule has 12 heteroatoms. The smallest absolute Gasteiger partial charge is 0.416 e. The standard InChI is InChI=1S/C22H13F3N2O5S2/c1-31-18-10-14(27(29)30)5-7-16(18)17-8-6-15(32-17)11-19-20(28)26(21(33)34-19)13-4-2-3-12(9-13)22(23,24)25/h2-11H,1H3/b19-11-. The van der Waals surface area contributed by atoms with Crippen LogP contribution < -0.4 is 9.64 Å². The zero-order chi connectivity index (χ0) is 24.6. The number of benzene rings is 2. The monoisotopic (exact) mass is 506 g/mol. The van der Waals surface area contributed by atoms with Crippen LogP contribution in [0.5, 0.6) is 5.75 Å². The fourth-order valence-corrected chi connectivity index (χ4v) is 4.49. The highest BCUT2D eigenvalue weighted by Crippen LogP contribution is 2.39. The molecule has 4 rings (SSSR count). The Hall–Kier alpha value is -3.64. The molecule has 1 aliphatic heterocycles. The van der Waals surface area contributed by atoms with Gasteiger partial charge in [-0.25, -0.2) is 0 Å². The Morgan fingerprint density at radius 1 is 1.18 bits per heavy atom. The fraction of sp³-hybridized carbons (Fsp3) is 0.0909. The van der Waals surface area contributed by atoms with E-state index in [4.69, 9.17) is 21.4 Å². The van der Waals surface area contributed by atoms with Gasteiger partial charge in [0.1, 0.15) is 17.3 Å². The number of nitro groups is 1. The quantitative estimate of drug-likeness (QED) is 0.174. The summed E-state index contributed by atoms with van der Waals surface area (Å²) in [6.45, 7) is 0. The molecule has 1 aromatic heterocycles. The Morgan fingerprint density at radius 2 is 1.94 bits per heavy atom. The number of ether oxygens (including phenoxy) is 1. The predicted octanol–water partition coefficient (Wildman–Crippen LogP) is 6.29. The molecule has 174 valence electrons. The van der Waals surface area contributed by atoms with Gasteiger partial charge in [-0.3, -0.25) is 19.8 Å². The molecule has 1 aliphatic rings. The van der Waals surface area contributed by atoms with Crippen LogP contribution in [0.25, 0.3) is 17.4 Å². The first kappa shape index (κ1) is 23.5. The lowest BCUT2D eigenvalue weighted by atomic mass is 10.1. The van der Waals surface area contributed by atoms with Gasteiger partial charge in [0.15, 0.2) is 4.32 Å². The van der Waals surface area contributed by atoms with Crippen LogP contribution in [0.4, 0.5) is 24.5 Å². The highest BCUT2D eigenvalue weighted by Gasteiger charge is 2.36. The van der Waals surface area contributed by atoms with E-state index >= 15 is 0 Å². The molecule has 0 radical (unpaired) electrons. The van der Waals surface area contributed by atoms with E-state index in [0.29, 0.717) is 11.3 Å². The van der Waals surface area contributed by atoms with Crippen molar-refractivity contribution in [3.8, 4) is 17.1 Å². The SMILES string of the molecule is COc1cc([N+](=O)[O-])ccc1-c1ccc(/C=C2\SC(=S)N(c3cccc(C(F)(F)F)c3)C2=O)o1. The summed E-state index contributed by atoms with van der Waals surface area (Å²) in [5.74, 6) is 0.262. The third-order valence-corrected chi connectivity index (χ3v) is 6.09. The summed E-state index contributed by atoms with van der Waals surface area (Å²) < 4.78 is 50.3. The molecule has 0 N–H and O–H groups in total. The molecule has 3 aromatic rings. The van der Waals surface area contributed by atoms with E-state index in [1.54, 1.807) is 12.1 Å². The van der Waals surface area contributed by atoms with Crippen LogP contribution >= 0.6 is 24.0 Å². The van der Waals surface area contributed by atoms with Crippen molar-refractivity contribution in [2.75, 3.05) is 12.0 Å². The number of thioether (sulfide) groups is 1. The number of alkyl halides is 3. The van der Waals surface area contributed by atoms with E-state index in [0.717, 1.165) is 28.8 Å². The molecule has 0 unspecified atom stereocenters. The Balaban J connectivity index is 1.62. The second kappa shape index (κ2) is 8.95. The first-order chi connectivity index (χ1) is 16.1. The normalized spacial score (nSPS) is 15.3. The van der Waals surface area contributed by atoms with Crippen molar-refractivity contribution >= 4 is 51.7 Å². The maximum absolute atomic E-state index is 13.1. The van der Waals surface area contributed by atoms with Crippen molar-refractivity contribution in [1.29, 1.82) is 0 Å². The number of thiocarbonyl (C=S) groups is 1. The summed E-state index contributed by atoms with van der Waals surface area (Å²) in [5.41, 5.74) is -0.567. The van der Waals surface area contributed by atoms with Gasteiger partial charge in [0, 0.05) is 12.1 Å². The van der Waals surface area contributed by atoms with Gasteiger partial charge in [0.2, 0.25) is 0 Å². The molecule has 0 spiro atoms. The molecule has 1 amide bonds. The number of hydrogen-bond acceptors (Lipinski definition) is 7. The predicted molar refractivity (Wildman–Crippen MR) is 124 cm³/mol. The Labute approximate surface area is 200 Å². The average molecular weight is 506 g/mol. The number of carbonyl (C=O) groups is 1. The summed E-state index contributed by atoms with van der Waals surface area (Å²) in [7, 11) is 1.37. The number of nitrogens with zero attached hydrogens (tertiary/aromatic N) is 2. The lowest BCUT2D eigenvalue weighted by Crippen LogP contribution is -2.27. The van der Waals surface area contributed by atoms with E-state index in [-0.39, 0.29) is 32.1 Å². The van der Waals surface area contributed by atoms with Gasteiger partial charge in [-0.05, 0) is 36.4 Å². The van der Waals surface area contributed by atoms with Gasteiger partial charge in [-0.1, -0.05) is 30.0 Å². The topological polar surface area (TPSA) is 85.8 Å². The summed E-state index contributed by atoms with van der Waals surface area (Å²) >= 11 is 6.15. The zero-order valence-electron chi connectivity index (χ0n) is 17.2. The number of carbonyl (C=O) groups excluding carboxylic acids is 1. The van der Waals surface area contributed by atoms with Crippen LogP contribution in [0.15, 0.2) is 63.9 Å². The first-order valence-electron chi connectivity index (χ1n) is 9.46. The van der Waals surface area contributed by atoms with Crippen LogP contribution in [-0.4, -0.2) is 22.3 Å². The number of amides is 1. The molecular formula is C22H13F3N2O5S2. The van der Waals surface area contributed by atoms with Crippen LogP contribution in [0.2, 0.25) is 0 Å². The van der Waals surface area contributed by atoms with Crippen molar-refractivity contribution in [3.63, 3.8) is 0 Å². The molecule has 0 bridgehead atoms. The van der Waals surface area contributed by atoms with Gasteiger partial charge in [-0.2, -0.15) is 13.2 Å². The Bertz CT molecular complexity index is 1350. The second-order valence-electron chi connectivity index (χ2n) is 6.91. The van der Waals surface area contributed by atoms with E-state index in [9.17, 15) is 28.1 Å². The van der Waals surface area contributed by atoms with Crippen LogP contribution in [0, 0.1) is 10.1 Å². The summed E-state index contributed by atoms with van der Waals surface area (Å²) in [6.07, 6.45) is -3.13. The molecule has 0 aliphatic carbocycles. The van der Waals surface area contributed by atoms with Crippen LogP contribution in [0.3, 0.4) is 0 Å².